The second kappa shape index (κ2) is 26.5. The maximum absolute atomic E-state index is 14.7. The summed E-state index contributed by atoms with van der Waals surface area (Å²) in [5.74, 6) is 11.3. The number of amides is 6. The van der Waals surface area contributed by atoms with Crippen molar-refractivity contribution in [2.75, 3.05) is 27.2 Å². The molecule has 0 bridgehead atoms. The first-order valence-corrected chi connectivity index (χ1v) is 29.0. The maximum Gasteiger partial charge on any atom is 0.246 e. The van der Waals surface area contributed by atoms with Crippen molar-refractivity contribution in [3.63, 3.8) is 0 Å². The van der Waals surface area contributed by atoms with E-state index in [1.54, 1.807) is 49.9 Å². The number of aryl methyl sites for hydroxylation is 2. The fraction of sp³-hybridized carbons (Fsp3) is 0.485. The van der Waals surface area contributed by atoms with Crippen LogP contribution in [0.4, 0.5) is 0 Å². The molecule has 10 atom stereocenters. The third-order valence-electron chi connectivity index (χ3n) is 16.3. The Morgan fingerprint density at radius 2 is 0.939 bits per heavy atom. The van der Waals surface area contributed by atoms with Gasteiger partial charge in [-0.05, 0) is 148 Å². The average Bonchev–Trinajstić information content (AvgIpc) is 4.12. The zero-order chi connectivity index (χ0) is 58.9. The van der Waals surface area contributed by atoms with Crippen LogP contribution in [0.15, 0.2) is 97.1 Å². The van der Waals surface area contributed by atoms with Crippen LogP contribution in [0.25, 0.3) is 0 Å². The summed E-state index contributed by atoms with van der Waals surface area (Å²) in [6.07, 6.45) is 4.72. The molecule has 4 aromatic carbocycles. The normalized spacial score (nSPS) is 21.7. The van der Waals surface area contributed by atoms with E-state index in [9.17, 15) is 28.8 Å². The minimum Gasteiger partial charge on any atom is -0.488 e. The van der Waals surface area contributed by atoms with Crippen molar-refractivity contribution in [2.24, 2.45) is 10.8 Å². The van der Waals surface area contributed by atoms with Crippen LogP contribution in [0.1, 0.15) is 139 Å². The summed E-state index contributed by atoms with van der Waals surface area (Å²) in [6, 6.07) is 25.9. The van der Waals surface area contributed by atoms with E-state index in [4.69, 9.17) is 9.47 Å². The Kier molecular flexibility index (Phi) is 19.5. The van der Waals surface area contributed by atoms with Crippen molar-refractivity contribution in [1.82, 2.24) is 41.7 Å². The molecule has 8 rings (SSSR count). The van der Waals surface area contributed by atoms with E-state index in [0.717, 1.165) is 49.7 Å². The Bertz CT molecular complexity index is 2920. The van der Waals surface area contributed by atoms with Crippen molar-refractivity contribution in [3.8, 4) is 35.2 Å². The fourth-order valence-corrected chi connectivity index (χ4v) is 11.4. The first-order valence-electron chi connectivity index (χ1n) is 29.0. The van der Waals surface area contributed by atoms with E-state index < -0.39 is 59.3 Å². The molecular weight excluding hydrogens is 1030 g/mol. The second-order valence-corrected chi connectivity index (χ2v) is 24.5. The smallest absolute Gasteiger partial charge is 0.246 e. The molecule has 6 amide bonds. The minimum absolute atomic E-state index is 0.128. The zero-order valence-electron chi connectivity index (χ0n) is 49.2. The van der Waals surface area contributed by atoms with Crippen LogP contribution in [0.5, 0.6) is 11.5 Å². The molecule has 0 spiro atoms. The molecule has 2 saturated heterocycles. The third-order valence-corrected chi connectivity index (χ3v) is 16.3. The number of likely N-dealkylation sites (tertiary alicyclic amines) is 2. The Balaban J connectivity index is 0.956. The number of ether oxygens (including phenoxy) is 2. The van der Waals surface area contributed by atoms with Gasteiger partial charge in [0.2, 0.25) is 35.4 Å². The highest BCUT2D eigenvalue weighted by atomic mass is 16.5. The molecule has 82 heavy (non-hydrogen) atoms. The number of likely N-dealkylation sites (N-methyl/N-ethyl adjacent to an activating group) is 2. The highest BCUT2D eigenvalue weighted by molar-refractivity contribution is 5.95. The first kappa shape index (κ1) is 60.4. The van der Waals surface area contributed by atoms with Crippen LogP contribution < -0.4 is 41.4 Å². The molecular formula is C66H82N8O8. The Morgan fingerprint density at radius 1 is 0.549 bits per heavy atom. The van der Waals surface area contributed by atoms with Gasteiger partial charge in [0.15, 0.2) is 0 Å². The van der Waals surface area contributed by atoms with E-state index in [2.05, 4.69) is 79.8 Å². The van der Waals surface area contributed by atoms with Crippen molar-refractivity contribution in [2.45, 2.75) is 167 Å². The van der Waals surface area contributed by atoms with E-state index in [1.165, 1.54) is 11.1 Å². The van der Waals surface area contributed by atoms with Gasteiger partial charge < -0.3 is 51.2 Å². The summed E-state index contributed by atoms with van der Waals surface area (Å²) in [4.78, 5) is 87.7. The van der Waals surface area contributed by atoms with Crippen LogP contribution in [0.2, 0.25) is 0 Å². The fourth-order valence-electron chi connectivity index (χ4n) is 11.4. The minimum atomic E-state index is -0.912. The number of nitrogens with zero attached hydrogens (tertiary/aromatic N) is 2. The van der Waals surface area contributed by atoms with Gasteiger partial charge in [-0.3, -0.25) is 28.8 Å². The molecule has 0 aromatic heterocycles. The summed E-state index contributed by atoms with van der Waals surface area (Å²) in [5, 5.41) is 18.4. The van der Waals surface area contributed by atoms with Crippen molar-refractivity contribution >= 4 is 35.4 Å². The molecule has 16 nitrogen and oxygen atoms in total. The molecule has 0 radical (unpaired) electrons. The zero-order valence-corrected chi connectivity index (χ0v) is 49.2. The van der Waals surface area contributed by atoms with Crippen molar-refractivity contribution in [3.05, 3.63) is 130 Å². The average molecular weight is 1120 g/mol. The van der Waals surface area contributed by atoms with Gasteiger partial charge in [0.05, 0.1) is 37.3 Å². The quantitative estimate of drug-likeness (QED) is 0.0678. The predicted molar refractivity (Wildman–Crippen MR) is 316 cm³/mol. The predicted octanol–water partition coefficient (Wildman–Crippen LogP) is 6.45. The number of fused-ring (bicyclic) bond motifs is 2. The molecule has 0 unspecified atom stereocenters. The van der Waals surface area contributed by atoms with Crippen LogP contribution >= 0.6 is 0 Å². The monoisotopic (exact) mass is 1110 g/mol. The van der Waals surface area contributed by atoms with Crippen molar-refractivity contribution < 1.29 is 38.2 Å². The molecule has 2 heterocycles. The van der Waals surface area contributed by atoms with E-state index in [1.807, 2.05) is 102 Å². The third kappa shape index (κ3) is 14.9. The molecule has 16 heteroatoms. The lowest BCUT2D eigenvalue weighted by Gasteiger charge is -2.36. The Morgan fingerprint density at radius 3 is 1.32 bits per heavy atom. The van der Waals surface area contributed by atoms with Crippen LogP contribution in [-0.4, -0.2) is 121 Å². The molecule has 2 aliphatic carbocycles. The summed E-state index contributed by atoms with van der Waals surface area (Å²) in [7, 11) is 3.37. The number of rotatable bonds is 16. The first-order chi connectivity index (χ1) is 39.1. The highest BCUT2D eigenvalue weighted by Gasteiger charge is 2.48. The standard InChI is InChI=1S/C66H82N8O8/c1-41(67-9)59(75)71-57(65(3,4)5)63(79)73-39-49(37-55(73)61(77)69-53-33-19-27-45-25-13-15-31-51(45)53)81-47-29-17-23-43(35-47)21-11-12-22-44-24-18-30-48(36-44)82-50-38-56(62(78)70-54-34-20-28-46-26-14-16-32-52(46)54)74(40-50)64(80)58(66(6,7)8)72-60(76)42(2)68-10/h13-18,23-26,29-32,35-36,41-42,49-50,53-58,67-68H,19-20,27-28,33-34,37-40H2,1-10H3,(H,69,77)(H,70,78)(H,71,75)(H,72,76)/t41-,42-,49-,50-,53+,54+,55-,56-,57+,58+/m0/s1. The molecule has 6 N–H and O–H groups in total. The van der Waals surface area contributed by atoms with Gasteiger partial charge in [0.25, 0.3) is 0 Å². The number of benzene rings is 4. The lowest BCUT2D eigenvalue weighted by molar-refractivity contribution is -0.144. The molecule has 2 aliphatic heterocycles. The van der Waals surface area contributed by atoms with Crippen LogP contribution in [0, 0.1) is 34.5 Å². The number of hydrogen-bond acceptors (Lipinski definition) is 10. The number of hydrogen-bond donors (Lipinski definition) is 6. The molecule has 4 aliphatic rings. The summed E-state index contributed by atoms with van der Waals surface area (Å²) >= 11 is 0. The van der Waals surface area contributed by atoms with Gasteiger partial charge in [-0.25, -0.2) is 0 Å². The lowest BCUT2D eigenvalue weighted by atomic mass is 9.85. The van der Waals surface area contributed by atoms with Gasteiger partial charge in [-0.1, -0.05) is 114 Å². The van der Waals surface area contributed by atoms with Gasteiger partial charge in [-0.15, -0.1) is 0 Å². The van der Waals surface area contributed by atoms with Crippen LogP contribution in [0.3, 0.4) is 0 Å². The Hall–Kier alpha value is -7.66. The van der Waals surface area contributed by atoms with Gasteiger partial charge in [0, 0.05) is 24.0 Å². The molecule has 2 fully saturated rings. The summed E-state index contributed by atoms with van der Waals surface area (Å²) in [5.41, 5.74) is 4.54. The molecule has 434 valence electrons. The second-order valence-electron chi connectivity index (χ2n) is 24.5. The van der Waals surface area contributed by atoms with E-state index >= 15 is 0 Å². The number of carbonyl (C=O) groups is 6. The summed E-state index contributed by atoms with van der Waals surface area (Å²) < 4.78 is 13.1. The topological polar surface area (TPSA) is 200 Å². The largest absolute Gasteiger partial charge is 0.488 e. The van der Waals surface area contributed by atoms with Crippen LogP contribution in [-0.2, 0) is 41.6 Å². The number of carbonyl (C=O) groups excluding carboxylic acids is 6. The lowest BCUT2D eigenvalue weighted by Crippen LogP contribution is -2.59. The highest BCUT2D eigenvalue weighted by Crippen LogP contribution is 2.35. The van der Waals surface area contributed by atoms with E-state index in [0.29, 0.717) is 22.6 Å². The van der Waals surface area contributed by atoms with Gasteiger partial charge in [-0.2, -0.15) is 0 Å². The van der Waals surface area contributed by atoms with Crippen molar-refractivity contribution in [1.29, 1.82) is 0 Å². The molecule has 4 aromatic rings. The SMILES string of the molecule is CN[C@@H](C)C(=O)N[C@H](C(=O)N1C[C@@H](Oc2cccc(C#CC#Cc3cccc(O[C@H]4C[C@@H](C(=O)N[C@@H]5CCCc6ccccc65)N(C(=O)[C@@H](NC(=O)[C@H](C)NC)C(C)(C)C)C4)c3)c2)C[C@H]1C(=O)N[C@@H]1CCCc2ccccc21)C(C)(C)C. The van der Waals surface area contributed by atoms with E-state index in [-0.39, 0.29) is 73.5 Å². The Labute approximate surface area is 484 Å². The maximum atomic E-state index is 14.7. The van der Waals surface area contributed by atoms with Gasteiger partial charge in [0.1, 0.15) is 47.9 Å². The molecule has 0 saturated carbocycles. The van der Waals surface area contributed by atoms with Gasteiger partial charge >= 0.3 is 0 Å². The number of nitrogens with one attached hydrogen (secondary N) is 6. The summed E-state index contributed by atoms with van der Waals surface area (Å²) in [6.45, 7) is 15.1.